The summed E-state index contributed by atoms with van der Waals surface area (Å²) in [5, 5.41) is 0. The van der Waals surface area contributed by atoms with Crippen LogP contribution >= 0.6 is 18.8 Å². The minimum absolute atomic E-state index is 0. The van der Waals surface area contributed by atoms with E-state index in [4.69, 9.17) is 0 Å². The molecule has 0 fully saturated rings. The third-order valence-corrected chi connectivity index (χ3v) is 0. The summed E-state index contributed by atoms with van der Waals surface area (Å²) in [6, 6.07) is 0. The fourth-order valence-corrected chi connectivity index (χ4v) is 0. The second kappa shape index (κ2) is 8.84. The van der Waals surface area contributed by atoms with Crippen LogP contribution in [0.5, 0.6) is 0 Å². The van der Waals surface area contributed by atoms with Gasteiger partial charge in [0.1, 0.15) is 0 Å². The largest absolute Gasteiger partial charge is 0.285 e. The number of hydrogen-bond acceptors (Lipinski definition) is 1. The molecule has 0 bridgehead atoms. The van der Waals surface area contributed by atoms with Crippen molar-refractivity contribution in [3.63, 3.8) is 0 Å². The number of rotatable bonds is 0. The molecule has 4 heteroatoms. The molecular weight excluding hydrogens is 128 g/mol. The van der Waals surface area contributed by atoms with Crippen LogP contribution in [-0.4, -0.2) is 0 Å². The molecule has 0 aliphatic heterocycles. The normalized spacial score (nSPS) is 4.50. The van der Waals surface area contributed by atoms with Gasteiger partial charge in [-0.2, -0.15) is 0 Å². The van der Waals surface area contributed by atoms with Crippen LogP contribution < -0.4 is 4.86 Å². The Kier molecular flexibility index (Phi) is 19.9. The van der Waals surface area contributed by atoms with Crippen LogP contribution in [0.1, 0.15) is 0 Å². The molecule has 0 spiro atoms. The van der Waals surface area contributed by atoms with Gasteiger partial charge >= 0.3 is 0 Å². The molecule has 0 radical (unpaired) electrons. The zero-order valence-electron chi connectivity index (χ0n) is 2.06. The molecule has 0 aliphatic carbocycles. The van der Waals surface area contributed by atoms with Crippen molar-refractivity contribution in [2.45, 2.75) is 0 Å². The van der Waals surface area contributed by atoms with Crippen LogP contribution in [0.2, 0.25) is 0 Å². The standard InChI is InChI=1S/Cr.H5NP2/c;2-1-3/h;1H,2-3H2. The summed E-state index contributed by atoms with van der Waals surface area (Å²) in [7, 11) is 4.58. The predicted molar refractivity (Wildman–Crippen MR) is 22.6 cm³/mol. The molecule has 0 aliphatic rings. The topological polar surface area (TPSA) is 12.0 Å². The van der Waals surface area contributed by atoms with Gasteiger partial charge in [0.2, 0.25) is 0 Å². The first-order chi connectivity index (χ1) is 1.41. The van der Waals surface area contributed by atoms with E-state index in [0.717, 1.165) is 0 Å². The van der Waals surface area contributed by atoms with Crippen molar-refractivity contribution < 1.29 is 17.4 Å². The summed E-state index contributed by atoms with van der Waals surface area (Å²) < 4.78 is 0. The van der Waals surface area contributed by atoms with Crippen LogP contribution in [0.3, 0.4) is 0 Å². The molecule has 4 heavy (non-hydrogen) atoms. The Hall–Kier alpha value is 1.35. The van der Waals surface area contributed by atoms with Gasteiger partial charge in [-0.1, -0.05) is 18.8 Å². The fourth-order valence-electron chi connectivity index (χ4n) is 0. The molecule has 0 aromatic heterocycles. The van der Waals surface area contributed by atoms with Gasteiger partial charge in [-0.05, 0) is 0 Å². The molecule has 1 N–H and O–H groups in total. The first kappa shape index (κ1) is 9.02. The van der Waals surface area contributed by atoms with Gasteiger partial charge in [-0.3, -0.25) is 4.86 Å². The van der Waals surface area contributed by atoms with Crippen molar-refractivity contribution in [1.82, 2.24) is 4.86 Å². The van der Waals surface area contributed by atoms with E-state index in [0.29, 0.717) is 0 Å². The van der Waals surface area contributed by atoms with Crippen LogP contribution in [-0.2, 0) is 17.4 Å². The minimum Gasteiger partial charge on any atom is -0.285 e. The van der Waals surface area contributed by atoms with E-state index < -0.39 is 0 Å². The summed E-state index contributed by atoms with van der Waals surface area (Å²) in [4.78, 5) is 2.58. The SMILES string of the molecule is PNP.[Cr]. The first-order valence-electron chi connectivity index (χ1n) is 0.577. The maximum absolute atomic E-state index is 2.58. The molecule has 26 valence electrons. The number of hydrogen-bond donors (Lipinski definition) is 1. The molecule has 0 aromatic rings. The minimum atomic E-state index is 0. The van der Waals surface area contributed by atoms with Crippen LogP contribution in [0, 0.1) is 0 Å². The maximum atomic E-state index is 2.58. The first-order valence-corrected chi connectivity index (χ1v) is 1.73. The molecular formula is H5CrNP2. The third kappa shape index (κ3) is 10.1. The van der Waals surface area contributed by atoms with Crippen molar-refractivity contribution in [2.24, 2.45) is 0 Å². The Labute approximate surface area is 41.6 Å². The second-order valence-corrected chi connectivity index (χ2v) is 1.50. The van der Waals surface area contributed by atoms with Crippen molar-refractivity contribution in [1.29, 1.82) is 0 Å². The molecule has 0 heterocycles. The molecule has 0 saturated heterocycles. The smallest absolute Gasteiger partial charge is 0 e. The van der Waals surface area contributed by atoms with E-state index in [9.17, 15) is 0 Å². The Morgan fingerprint density at radius 2 is 1.25 bits per heavy atom. The van der Waals surface area contributed by atoms with Gasteiger partial charge in [-0.15, -0.1) is 0 Å². The number of nitrogens with one attached hydrogen (secondary N) is 1. The molecule has 2 atom stereocenters. The molecule has 2 unspecified atom stereocenters. The van der Waals surface area contributed by atoms with E-state index in [1.165, 1.54) is 0 Å². The monoisotopic (exact) mass is 133 g/mol. The maximum Gasteiger partial charge on any atom is 0 e. The Balaban J connectivity index is 0. The third-order valence-electron chi connectivity index (χ3n) is 0. The average Bonchev–Trinajstić information content (AvgIpc) is 0.918. The summed E-state index contributed by atoms with van der Waals surface area (Å²) in [5.41, 5.74) is 0. The van der Waals surface area contributed by atoms with Gasteiger partial charge in [0.15, 0.2) is 0 Å². The average molecular weight is 133 g/mol. The van der Waals surface area contributed by atoms with Crippen molar-refractivity contribution in [3.05, 3.63) is 0 Å². The van der Waals surface area contributed by atoms with Crippen LogP contribution in [0.25, 0.3) is 0 Å². The summed E-state index contributed by atoms with van der Waals surface area (Å²) >= 11 is 0. The zero-order chi connectivity index (χ0) is 2.71. The Morgan fingerprint density at radius 1 is 1.25 bits per heavy atom. The van der Waals surface area contributed by atoms with E-state index in [-0.39, 0.29) is 17.4 Å². The second-order valence-electron chi connectivity index (χ2n) is 0.167. The van der Waals surface area contributed by atoms with Gasteiger partial charge < -0.3 is 0 Å². The van der Waals surface area contributed by atoms with E-state index in [2.05, 4.69) is 23.6 Å². The van der Waals surface area contributed by atoms with Gasteiger partial charge in [-0.25, -0.2) is 0 Å². The van der Waals surface area contributed by atoms with Crippen molar-refractivity contribution in [2.75, 3.05) is 0 Å². The summed E-state index contributed by atoms with van der Waals surface area (Å²) in [6.07, 6.45) is 0. The van der Waals surface area contributed by atoms with Gasteiger partial charge in [0, 0.05) is 17.4 Å². The zero-order valence-corrected chi connectivity index (χ0v) is 5.65. The summed E-state index contributed by atoms with van der Waals surface area (Å²) in [6.45, 7) is 0. The van der Waals surface area contributed by atoms with E-state index >= 15 is 0 Å². The van der Waals surface area contributed by atoms with Gasteiger partial charge in [0.05, 0.1) is 0 Å². The summed E-state index contributed by atoms with van der Waals surface area (Å²) in [5.74, 6) is 0. The van der Waals surface area contributed by atoms with Crippen molar-refractivity contribution in [3.8, 4) is 0 Å². The molecule has 0 aromatic carbocycles. The van der Waals surface area contributed by atoms with E-state index in [1.54, 1.807) is 0 Å². The molecule has 0 saturated carbocycles. The van der Waals surface area contributed by atoms with E-state index in [1.807, 2.05) is 0 Å². The fraction of sp³-hybridized carbons (Fsp3) is 0. The predicted octanol–water partition coefficient (Wildman–Crippen LogP) is 0.154. The molecule has 0 rings (SSSR count). The van der Waals surface area contributed by atoms with Crippen molar-refractivity contribution >= 4 is 18.8 Å². The van der Waals surface area contributed by atoms with Crippen LogP contribution in [0.15, 0.2) is 0 Å². The Morgan fingerprint density at radius 3 is 1.25 bits per heavy atom. The molecule has 0 amide bonds. The molecule has 1 nitrogen and oxygen atoms in total. The van der Waals surface area contributed by atoms with Gasteiger partial charge in [0.25, 0.3) is 0 Å². The van der Waals surface area contributed by atoms with Crippen LogP contribution in [0.4, 0.5) is 0 Å². The Bertz CT molecular complexity index is 6.00. The quantitative estimate of drug-likeness (QED) is 0.464.